The van der Waals surface area contributed by atoms with E-state index in [9.17, 15) is 10.0 Å². The molecule has 0 amide bonds. The van der Waals surface area contributed by atoms with Crippen molar-refractivity contribution in [2.24, 2.45) is 0 Å². The average Bonchev–Trinajstić information content (AvgIpc) is 2.27. The Balaban J connectivity index is 0.00000225. The Labute approximate surface area is 103 Å². The minimum Gasteiger partial charge on any atom is -1.00 e. The number of ether oxygens (including phenoxy) is 1. The number of hydrogen-bond donors (Lipinski definition) is 2. The van der Waals surface area contributed by atoms with E-state index in [2.05, 4.69) is 0 Å². The van der Waals surface area contributed by atoms with Gasteiger partial charge >= 0.3 is 5.97 Å². The van der Waals surface area contributed by atoms with E-state index in [-0.39, 0.29) is 18.4 Å². The van der Waals surface area contributed by atoms with Gasteiger partial charge in [0.15, 0.2) is 5.54 Å². The van der Waals surface area contributed by atoms with Crippen LogP contribution in [0.25, 0.3) is 0 Å². The number of halogens is 1. The maximum absolute atomic E-state index is 11.7. The highest BCUT2D eigenvalue weighted by atomic mass is 35.5. The summed E-state index contributed by atoms with van der Waals surface area (Å²) in [6.45, 7) is 9.56. The van der Waals surface area contributed by atoms with Gasteiger partial charge in [-0.15, -0.1) is 0 Å². The standard InChI is InChI=1S/C11H19NO3.ClH/c1-6-15-9(13)8-7-10(2,3)12(14)11(8,4)5;/h7,14H,6H2,1-5H3;1H. The molecule has 1 rings (SSSR count). The normalized spacial score (nSPS) is 25.6. The van der Waals surface area contributed by atoms with Crippen LogP contribution in [0.4, 0.5) is 0 Å². The number of hydroxylamine groups is 2. The van der Waals surface area contributed by atoms with Crippen molar-refractivity contribution in [3.05, 3.63) is 11.6 Å². The Morgan fingerprint density at radius 1 is 1.44 bits per heavy atom. The number of quaternary nitrogens is 1. The maximum atomic E-state index is 11.7. The number of nitrogens with one attached hydrogen (secondary N) is 1. The van der Waals surface area contributed by atoms with Gasteiger partial charge in [-0.05, 0) is 40.7 Å². The van der Waals surface area contributed by atoms with Crippen LogP contribution in [0.15, 0.2) is 11.6 Å². The molecule has 1 aliphatic heterocycles. The Morgan fingerprint density at radius 3 is 2.25 bits per heavy atom. The van der Waals surface area contributed by atoms with Crippen LogP contribution in [0.2, 0.25) is 0 Å². The minimum absolute atomic E-state index is 0. The van der Waals surface area contributed by atoms with E-state index in [1.54, 1.807) is 13.0 Å². The van der Waals surface area contributed by atoms with Gasteiger partial charge in [0.1, 0.15) is 11.1 Å². The summed E-state index contributed by atoms with van der Waals surface area (Å²) in [5.74, 6) is -0.334. The molecule has 0 aromatic heterocycles. The molecule has 16 heavy (non-hydrogen) atoms. The van der Waals surface area contributed by atoms with Crippen molar-refractivity contribution in [1.29, 1.82) is 0 Å². The summed E-state index contributed by atoms with van der Waals surface area (Å²) in [5.41, 5.74) is -0.520. The maximum Gasteiger partial charge on any atom is 0.340 e. The third-order valence-corrected chi connectivity index (χ3v) is 2.88. The number of rotatable bonds is 2. The second kappa shape index (κ2) is 4.73. The van der Waals surface area contributed by atoms with Crippen LogP contribution in [-0.4, -0.2) is 28.9 Å². The molecule has 2 N–H and O–H groups in total. The zero-order valence-corrected chi connectivity index (χ0v) is 11.2. The highest BCUT2D eigenvalue weighted by Gasteiger charge is 2.53. The highest BCUT2D eigenvalue weighted by Crippen LogP contribution is 2.24. The predicted octanol–water partition coefficient (Wildman–Crippen LogP) is -2.68. The third-order valence-electron chi connectivity index (χ3n) is 2.88. The van der Waals surface area contributed by atoms with Gasteiger partial charge in [0, 0.05) is 0 Å². The Morgan fingerprint density at radius 2 is 1.94 bits per heavy atom. The van der Waals surface area contributed by atoms with Crippen LogP contribution >= 0.6 is 0 Å². The van der Waals surface area contributed by atoms with Crippen LogP contribution in [0.5, 0.6) is 0 Å². The fraction of sp³-hybridized carbons (Fsp3) is 0.727. The van der Waals surface area contributed by atoms with Crippen molar-refractivity contribution in [1.82, 2.24) is 0 Å². The monoisotopic (exact) mass is 249 g/mol. The van der Waals surface area contributed by atoms with Gasteiger partial charge in [-0.2, -0.15) is 5.06 Å². The Kier molecular flexibility index (Phi) is 4.56. The molecule has 1 atom stereocenters. The van der Waals surface area contributed by atoms with Gasteiger partial charge in [0.25, 0.3) is 0 Å². The molecule has 0 aliphatic carbocycles. The lowest BCUT2D eigenvalue weighted by molar-refractivity contribution is -1.14. The van der Waals surface area contributed by atoms with Gasteiger partial charge in [0.05, 0.1) is 6.61 Å². The first-order chi connectivity index (χ1) is 6.73. The third kappa shape index (κ3) is 2.39. The molecule has 0 radical (unpaired) electrons. The second-order valence-electron chi connectivity index (χ2n) is 4.97. The molecule has 0 fully saturated rings. The van der Waals surface area contributed by atoms with Crippen molar-refractivity contribution < 1.29 is 32.2 Å². The first kappa shape index (κ1) is 15.4. The molecule has 0 saturated carbocycles. The van der Waals surface area contributed by atoms with Crippen molar-refractivity contribution in [2.45, 2.75) is 45.7 Å². The summed E-state index contributed by atoms with van der Waals surface area (Å²) in [7, 11) is 0. The van der Waals surface area contributed by atoms with Crippen LogP contribution in [0.3, 0.4) is 0 Å². The van der Waals surface area contributed by atoms with Gasteiger partial charge in [-0.25, -0.2) is 10.0 Å². The largest absolute Gasteiger partial charge is 1.00 e. The molecule has 0 aromatic carbocycles. The predicted molar refractivity (Wildman–Crippen MR) is 55.6 cm³/mol. The molecule has 0 bridgehead atoms. The van der Waals surface area contributed by atoms with Crippen LogP contribution < -0.4 is 17.5 Å². The summed E-state index contributed by atoms with van der Waals surface area (Å²) in [4.78, 5) is 11.7. The second-order valence-corrected chi connectivity index (χ2v) is 4.97. The molecule has 1 aliphatic rings. The van der Waals surface area contributed by atoms with Gasteiger partial charge in [-0.3, -0.25) is 0 Å². The summed E-state index contributed by atoms with van der Waals surface area (Å²) in [6.07, 6.45) is 1.79. The van der Waals surface area contributed by atoms with Gasteiger partial charge in [0.2, 0.25) is 0 Å². The van der Waals surface area contributed by atoms with Crippen LogP contribution in [-0.2, 0) is 9.53 Å². The summed E-state index contributed by atoms with van der Waals surface area (Å²) >= 11 is 0. The van der Waals surface area contributed by atoms with E-state index in [1.807, 2.05) is 27.7 Å². The van der Waals surface area contributed by atoms with E-state index in [1.165, 1.54) is 0 Å². The first-order valence-corrected chi connectivity index (χ1v) is 5.20. The number of carbonyl (C=O) groups excluding carboxylic acids is 1. The summed E-state index contributed by atoms with van der Waals surface area (Å²) in [5, 5.41) is 10.3. The van der Waals surface area contributed by atoms with E-state index in [0.717, 1.165) is 0 Å². The van der Waals surface area contributed by atoms with Gasteiger partial charge in [-0.1, -0.05) is 0 Å². The SMILES string of the molecule is CCOC(=O)C1=CC(C)(C)[NH+](O)C1(C)C.[Cl-]. The zero-order valence-electron chi connectivity index (χ0n) is 10.4. The fourth-order valence-electron chi connectivity index (χ4n) is 2.07. The van der Waals surface area contributed by atoms with Crippen molar-refractivity contribution >= 4 is 5.97 Å². The molecule has 5 heteroatoms. The van der Waals surface area contributed by atoms with Crippen LogP contribution in [0, 0.1) is 0 Å². The fourth-order valence-corrected chi connectivity index (χ4v) is 2.07. The topological polar surface area (TPSA) is 51.0 Å². The quantitative estimate of drug-likeness (QED) is 0.525. The number of esters is 1. The molecular formula is C11H20ClNO3. The molecule has 0 spiro atoms. The molecule has 4 nitrogen and oxygen atoms in total. The molecule has 1 unspecified atom stereocenters. The molecule has 0 aromatic rings. The summed E-state index contributed by atoms with van der Waals surface area (Å²) < 4.78 is 4.97. The minimum atomic E-state index is -0.615. The number of hydrogen-bond acceptors (Lipinski definition) is 3. The lowest BCUT2D eigenvalue weighted by Gasteiger charge is -2.30. The zero-order chi connectivity index (χ0) is 11.9. The van der Waals surface area contributed by atoms with Crippen molar-refractivity contribution in [3.63, 3.8) is 0 Å². The average molecular weight is 250 g/mol. The van der Waals surface area contributed by atoms with E-state index in [0.29, 0.717) is 17.2 Å². The van der Waals surface area contributed by atoms with E-state index < -0.39 is 11.1 Å². The number of carbonyl (C=O) groups is 1. The molecule has 1 heterocycles. The van der Waals surface area contributed by atoms with Crippen molar-refractivity contribution in [2.75, 3.05) is 6.61 Å². The molecule has 0 saturated heterocycles. The van der Waals surface area contributed by atoms with Crippen LogP contribution in [0.1, 0.15) is 34.6 Å². The van der Waals surface area contributed by atoms with Gasteiger partial charge < -0.3 is 17.1 Å². The molecule has 94 valence electrons. The molecular weight excluding hydrogens is 230 g/mol. The lowest BCUT2D eigenvalue weighted by atomic mass is 9.97. The lowest BCUT2D eigenvalue weighted by Crippen LogP contribution is -3.22. The summed E-state index contributed by atoms with van der Waals surface area (Å²) in [6, 6.07) is 0. The Bertz CT molecular complexity index is 310. The smallest absolute Gasteiger partial charge is 0.340 e. The van der Waals surface area contributed by atoms with E-state index in [4.69, 9.17) is 4.74 Å². The van der Waals surface area contributed by atoms with Crippen molar-refractivity contribution in [3.8, 4) is 0 Å². The first-order valence-electron chi connectivity index (χ1n) is 5.20. The Hall–Kier alpha value is -0.580. The van der Waals surface area contributed by atoms with E-state index >= 15 is 0 Å². The highest BCUT2D eigenvalue weighted by molar-refractivity contribution is 5.91.